The molecule has 0 spiro atoms. The van der Waals surface area contributed by atoms with Gasteiger partial charge in [-0.05, 0) is 92.2 Å². The van der Waals surface area contributed by atoms with E-state index in [9.17, 15) is 35.9 Å². The lowest BCUT2D eigenvalue weighted by molar-refractivity contribution is -0.139. The fourth-order valence-corrected chi connectivity index (χ4v) is 6.98. The molecule has 170 valence electrons. The molecule has 0 aliphatic rings. The molecule has 31 heavy (non-hydrogen) atoms. The molecule has 1 unspecified atom stereocenters. The van der Waals surface area contributed by atoms with Crippen molar-refractivity contribution in [1.82, 2.24) is 0 Å². The molecule has 0 amide bonds. The molecule has 6 nitrogen and oxygen atoms in total. The van der Waals surface area contributed by atoms with Gasteiger partial charge in [0, 0.05) is 3.57 Å². The first-order chi connectivity index (χ1) is 14.2. The Hall–Kier alpha value is -0.470. The largest absolute Gasteiger partial charge is 0.506 e. The van der Waals surface area contributed by atoms with E-state index in [1.807, 2.05) is 67.8 Å². The first-order valence-corrected chi connectivity index (χ1v) is 12.8. The van der Waals surface area contributed by atoms with Gasteiger partial charge >= 0.3 is 16.1 Å². The molecule has 0 radical (unpaired) electrons. The van der Waals surface area contributed by atoms with Crippen molar-refractivity contribution in [2.24, 2.45) is 5.92 Å². The standard InChI is InChI=1S/C17H11F4I3O6S/c1-2-5(3-6-7(22)4-8(23)14(25)13(6)24)17(26)30-15-9(18)11(20)16(31(27,28)29)12(21)10(15)19/h4-5,25H,2-3H2,1H3,(H,27,28,29). The number of phenols is 1. The Kier molecular flexibility index (Phi) is 8.82. The lowest BCUT2D eigenvalue weighted by atomic mass is 9.97. The van der Waals surface area contributed by atoms with E-state index >= 15 is 0 Å². The van der Waals surface area contributed by atoms with Crippen LogP contribution < -0.4 is 4.74 Å². The molecule has 0 heterocycles. The second-order valence-corrected chi connectivity index (χ2v) is 10.9. The van der Waals surface area contributed by atoms with Crippen molar-refractivity contribution in [3.05, 3.63) is 45.6 Å². The summed E-state index contributed by atoms with van der Waals surface area (Å²) in [6.45, 7) is 1.56. The highest BCUT2D eigenvalue weighted by Crippen LogP contribution is 2.36. The zero-order chi connectivity index (χ0) is 23.8. The highest BCUT2D eigenvalue weighted by atomic mass is 127. The minimum absolute atomic E-state index is 0.0122. The molecule has 2 rings (SSSR count). The van der Waals surface area contributed by atoms with Gasteiger partial charge in [0.15, 0.2) is 16.5 Å². The predicted octanol–water partition coefficient (Wildman–Crippen LogP) is 5.18. The summed E-state index contributed by atoms with van der Waals surface area (Å²) in [6.07, 6.45) is 0.0860. The van der Waals surface area contributed by atoms with E-state index in [-0.39, 0.29) is 18.6 Å². The average molecular weight is 800 g/mol. The number of esters is 1. The minimum Gasteiger partial charge on any atom is -0.506 e. The third-order valence-electron chi connectivity index (χ3n) is 4.16. The normalized spacial score (nSPS) is 12.7. The number of hydrogen-bond acceptors (Lipinski definition) is 5. The van der Waals surface area contributed by atoms with E-state index in [0.29, 0.717) is 16.3 Å². The van der Waals surface area contributed by atoms with E-state index < -0.39 is 55.9 Å². The van der Waals surface area contributed by atoms with Crippen LogP contribution in [-0.4, -0.2) is 24.0 Å². The molecule has 2 aromatic rings. The van der Waals surface area contributed by atoms with Crippen LogP contribution in [0.15, 0.2) is 11.0 Å². The van der Waals surface area contributed by atoms with Crippen molar-refractivity contribution in [3.63, 3.8) is 0 Å². The Morgan fingerprint density at radius 1 is 1.06 bits per heavy atom. The zero-order valence-electron chi connectivity index (χ0n) is 15.2. The summed E-state index contributed by atoms with van der Waals surface area (Å²) in [4.78, 5) is 10.3. The fourth-order valence-electron chi connectivity index (χ4n) is 2.54. The van der Waals surface area contributed by atoms with Crippen LogP contribution in [0.25, 0.3) is 0 Å². The van der Waals surface area contributed by atoms with Gasteiger partial charge in [0.2, 0.25) is 17.4 Å². The van der Waals surface area contributed by atoms with Gasteiger partial charge in [0.25, 0.3) is 0 Å². The van der Waals surface area contributed by atoms with Crippen LogP contribution >= 0.6 is 67.8 Å². The molecule has 0 saturated heterocycles. The van der Waals surface area contributed by atoms with E-state index in [4.69, 9.17) is 4.55 Å². The molecule has 0 aliphatic heterocycles. The van der Waals surface area contributed by atoms with Gasteiger partial charge < -0.3 is 9.84 Å². The minimum atomic E-state index is -5.63. The number of halogens is 7. The van der Waals surface area contributed by atoms with Crippen molar-refractivity contribution >= 4 is 83.9 Å². The van der Waals surface area contributed by atoms with Crippen molar-refractivity contribution in [2.75, 3.05) is 0 Å². The Labute approximate surface area is 214 Å². The Morgan fingerprint density at radius 3 is 2.03 bits per heavy atom. The molecule has 1 atom stereocenters. The summed E-state index contributed by atoms with van der Waals surface area (Å²) in [6, 6.07) is 1.66. The fraction of sp³-hybridized carbons (Fsp3) is 0.235. The maximum atomic E-state index is 14.1. The van der Waals surface area contributed by atoms with Gasteiger partial charge in [-0.1, -0.05) is 6.92 Å². The number of carbonyl (C=O) groups excluding carboxylic acids is 1. The predicted molar refractivity (Wildman–Crippen MR) is 125 cm³/mol. The molecule has 0 fully saturated rings. The summed E-state index contributed by atoms with van der Waals surface area (Å²) < 4.78 is 93.2. The van der Waals surface area contributed by atoms with Crippen molar-refractivity contribution in [3.8, 4) is 11.5 Å². The third kappa shape index (κ3) is 5.55. The quantitative estimate of drug-likeness (QED) is 0.104. The summed E-state index contributed by atoms with van der Waals surface area (Å²) >= 11 is 5.77. The maximum Gasteiger partial charge on any atom is 0.314 e. The second kappa shape index (κ2) is 10.2. The van der Waals surface area contributed by atoms with Crippen LogP contribution in [0.3, 0.4) is 0 Å². The van der Waals surface area contributed by atoms with Gasteiger partial charge in [-0.2, -0.15) is 17.2 Å². The smallest absolute Gasteiger partial charge is 0.314 e. The molecule has 2 aromatic carbocycles. The number of hydrogen-bond donors (Lipinski definition) is 2. The van der Waals surface area contributed by atoms with Gasteiger partial charge in [-0.25, -0.2) is 8.78 Å². The molecule has 2 N–H and O–H groups in total. The second-order valence-electron chi connectivity index (χ2n) is 6.10. The Morgan fingerprint density at radius 2 is 1.58 bits per heavy atom. The van der Waals surface area contributed by atoms with Gasteiger partial charge in [-0.15, -0.1) is 0 Å². The summed E-state index contributed by atoms with van der Waals surface area (Å²) in [5.41, 5.74) is 0.558. The van der Waals surface area contributed by atoms with Crippen LogP contribution in [0.1, 0.15) is 18.9 Å². The summed E-state index contributed by atoms with van der Waals surface area (Å²) in [7, 11) is -5.63. The molecular weight excluding hydrogens is 789 g/mol. The molecule has 0 saturated carbocycles. The molecule has 0 bridgehead atoms. The van der Waals surface area contributed by atoms with E-state index in [0.717, 1.165) is 0 Å². The van der Waals surface area contributed by atoms with Crippen LogP contribution in [0.4, 0.5) is 17.6 Å². The SMILES string of the molecule is CCC(Cc1c(I)cc(I)c(O)c1I)C(=O)Oc1c(F)c(F)c(S(=O)(=O)O)c(F)c1F. The average Bonchev–Trinajstić information content (AvgIpc) is 2.67. The van der Waals surface area contributed by atoms with Crippen molar-refractivity contribution in [2.45, 2.75) is 24.7 Å². The lowest BCUT2D eigenvalue weighted by Gasteiger charge is -2.18. The number of ether oxygens (including phenoxy) is 1. The van der Waals surface area contributed by atoms with Crippen molar-refractivity contribution in [1.29, 1.82) is 0 Å². The number of phenolic OH excluding ortho intramolecular Hbond substituents is 1. The van der Waals surface area contributed by atoms with Gasteiger partial charge in [0.05, 0.1) is 13.1 Å². The molecule has 0 aliphatic carbocycles. The van der Waals surface area contributed by atoms with Crippen LogP contribution in [0, 0.1) is 39.9 Å². The van der Waals surface area contributed by atoms with E-state index in [1.54, 1.807) is 13.0 Å². The first kappa shape index (κ1) is 26.8. The topological polar surface area (TPSA) is 101 Å². The Bertz CT molecular complexity index is 1140. The highest BCUT2D eigenvalue weighted by molar-refractivity contribution is 14.1. The number of aromatic hydroxyl groups is 1. The Balaban J connectivity index is 2.44. The summed E-state index contributed by atoms with van der Waals surface area (Å²) in [5.74, 6) is -13.5. The van der Waals surface area contributed by atoms with E-state index in [1.165, 1.54) is 0 Å². The maximum absolute atomic E-state index is 14.1. The molecule has 14 heteroatoms. The summed E-state index contributed by atoms with van der Waals surface area (Å²) in [5, 5.41) is 10.1. The van der Waals surface area contributed by atoms with E-state index in [2.05, 4.69) is 4.74 Å². The van der Waals surface area contributed by atoms with Crippen molar-refractivity contribution < 1.29 is 45.2 Å². The monoisotopic (exact) mass is 800 g/mol. The van der Waals surface area contributed by atoms with Crippen LogP contribution in [0.5, 0.6) is 11.5 Å². The van der Waals surface area contributed by atoms with Crippen LogP contribution in [0.2, 0.25) is 0 Å². The first-order valence-electron chi connectivity index (χ1n) is 8.12. The van der Waals surface area contributed by atoms with Crippen LogP contribution in [-0.2, 0) is 21.3 Å². The number of benzene rings is 2. The lowest BCUT2D eigenvalue weighted by Crippen LogP contribution is -2.24. The molecular formula is C17H11F4I3O6S. The highest BCUT2D eigenvalue weighted by Gasteiger charge is 2.35. The number of carbonyl (C=O) groups is 1. The number of rotatable bonds is 6. The van der Waals surface area contributed by atoms with Gasteiger partial charge in [0.1, 0.15) is 5.75 Å². The molecule has 0 aromatic heterocycles. The van der Waals surface area contributed by atoms with Gasteiger partial charge in [-0.3, -0.25) is 9.35 Å². The third-order valence-corrected chi connectivity index (χ3v) is 7.98. The zero-order valence-corrected chi connectivity index (χ0v) is 22.4.